The molecular formula is C26H30F3N3O4. The van der Waals surface area contributed by atoms with Crippen LogP contribution in [0.1, 0.15) is 57.2 Å². The Kier molecular flexibility index (Phi) is 7.66. The number of halogens is 3. The van der Waals surface area contributed by atoms with E-state index in [4.69, 9.17) is 9.26 Å². The minimum absolute atomic E-state index is 0.287. The van der Waals surface area contributed by atoms with Crippen LogP contribution in [0.3, 0.4) is 0 Å². The summed E-state index contributed by atoms with van der Waals surface area (Å²) in [5.41, 5.74) is -0.799. The lowest BCUT2D eigenvalue weighted by atomic mass is 9.97. The molecule has 0 aliphatic carbocycles. The van der Waals surface area contributed by atoms with Crippen LogP contribution in [0, 0.1) is 0 Å². The molecule has 0 unspecified atom stereocenters. The summed E-state index contributed by atoms with van der Waals surface area (Å²) in [5, 5.41) is 13.3. The normalized spacial score (nSPS) is 12.4. The monoisotopic (exact) mass is 505 g/mol. The van der Waals surface area contributed by atoms with Crippen LogP contribution in [0.2, 0.25) is 0 Å². The summed E-state index contributed by atoms with van der Waals surface area (Å²) in [6, 6.07) is 12.1. The van der Waals surface area contributed by atoms with E-state index in [9.17, 15) is 23.1 Å². The number of aromatic nitrogens is 2. The number of alkyl halides is 3. The van der Waals surface area contributed by atoms with E-state index >= 15 is 0 Å². The van der Waals surface area contributed by atoms with Gasteiger partial charge in [0, 0.05) is 18.5 Å². The highest BCUT2D eigenvalue weighted by Crippen LogP contribution is 2.30. The van der Waals surface area contributed by atoms with Gasteiger partial charge < -0.3 is 19.3 Å². The largest absolute Gasteiger partial charge is 0.478 e. The SMILES string of the molecule is CC(C)(Oc1ccc(CCN(Cc2ccc(C(F)(F)F)cc2)c2noc(C(C)(C)C)n2)cc1)C(=O)O. The predicted octanol–water partition coefficient (Wildman–Crippen LogP) is 5.88. The van der Waals surface area contributed by atoms with E-state index in [1.54, 1.807) is 12.1 Å². The second-order valence-corrected chi connectivity index (χ2v) is 10.1. The molecule has 36 heavy (non-hydrogen) atoms. The third-order valence-corrected chi connectivity index (χ3v) is 5.48. The van der Waals surface area contributed by atoms with Crippen LogP contribution in [-0.4, -0.2) is 33.4 Å². The maximum atomic E-state index is 12.9. The lowest BCUT2D eigenvalue weighted by Gasteiger charge is -2.22. The van der Waals surface area contributed by atoms with E-state index in [1.807, 2.05) is 37.8 Å². The highest BCUT2D eigenvalue weighted by molar-refractivity contribution is 5.76. The quantitative estimate of drug-likeness (QED) is 0.389. The molecule has 0 aliphatic heterocycles. The zero-order chi connectivity index (χ0) is 26.7. The van der Waals surface area contributed by atoms with Gasteiger partial charge in [-0.25, -0.2) is 4.79 Å². The first-order valence-corrected chi connectivity index (χ1v) is 11.4. The Balaban J connectivity index is 1.76. The predicted molar refractivity (Wildman–Crippen MR) is 128 cm³/mol. The van der Waals surface area contributed by atoms with E-state index in [0.29, 0.717) is 36.1 Å². The molecule has 0 atom stereocenters. The molecule has 0 aliphatic rings. The van der Waals surface area contributed by atoms with Gasteiger partial charge in [-0.3, -0.25) is 0 Å². The van der Waals surface area contributed by atoms with E-state index in [0.717, 1.165) is 17.7 Å². The van der Waals surface area contributed by atoms with Crippen molar-refractivity contribution in [2.75, 3.05) is 11.4 Å². The number of benzene rings is 2. The summed E-state index contributed by atoms with van der Waals surface area (Å²) < 4.78 is 49.8. The first-order chi connectivity index (χ1) is 16.6. The molecule has 0 saturated carbocycles. The van der Waals surface area contributed by atoms with Gasteiger partial charge in [0.05, 0.1) is 5.56 Å². The van der Waals surface area contributed by atoms with Crippen molar-refractivity contribution in [3.05, 3.63) is 71.1 Å². The van der Waals surface area contributed by atoms with Crippen molar-refractivity contribution in [3.63, 3.8) is 0 Å². The fraction of sp³-hybridized carbons (Fsp3) is 0.423. The number of aliphatic carboxylic acids is 1. The summed E-state index contributed by atoms with van der Waals surface area (Å²) in [7, 11) is 0. The molecule has 194 valence electrons. The van der Waals surface area contributed by atoms with E-state index in [1.165, 1.54) is 26.0 Å². The van der Waals surface area contributed by atoms with Gasteiger partial charge in [0.1, 0.15) is 5.75 Å². The number of ether oxygens (including phenoxy) is 1. The third-order valence-electron chi connectivity index (χ3n) is 5.48. The highest BCUT2D eigenvalue weighted by Gasteiger charge is 2.31. The van der Waals surface area contributed by atoms with Crippen molar-refractivity contribution in [1.29, 1.82) is 0 Å². The average molecular weight is 506 g/mol. The van der Waals surface area contributed by atoms with Gasteiger partial charge in [-0.1, -0.05) is 45.0 Å². The number of carboxylic acid groups (broad SMARTS) is 1. The molecule has 0 fully saturated rings. The molecule has 0 saturated heterocycles. The maximum Gasteiger partial charge on any atom is 0.416 e. The molecule has 1 N–H and O–H groups in total. The van der Waals surface area contributed by atoms with Crippen LogP contribution >= 0.6 is 0 Å². The molecular weight excluding hydrogens is 475 g/mol. The summed E-state index contributed by atoms with van der Waals surface area (Å²) in [6.45, 7) is 9.53. The highest BCUT2D eigenvalue weighted by atomic mass is 19.4. The van der Waals surface area contributed by atoms with Gasteiger partial charge in [0.15, 0.2) is 5.60 Å². The first-order valence-electron chi connectivity index (χ1n) is 11.4. The molecule has 2 aromatic carbocycles. The van der Waals surface area contributed by atoms with Crippen LogP contribution in [0.5, 0.6) is 5.75 Å². The third kappa shape index (κ3) is 6.99. The number of rotatable bonds is 9. The van der Waals surface area contributed by atoms with Gasteiger partial charge in [0.2, 0.25) is 5.89 Å². The zero-order valence-corrected chi connectivity index (χ0v) is 20.9. The Morgan fingerprint density at radius 2 is 1.56 bits per heavy atom. The van der Waals surface area contributed by atoms with Crippen molar-refractivity contribution in [1.82, 2.24) is 10.1 Å². The topological polar surface area (TPSA) is 88.7 Å². The van der Waals surface area contributed by atoms with Crippen molar-refractivity contribution < 1.29 is 32.3 Å². The van der Waals surface area contributed by atoms with Crippen molar-refractivity contribution in [2.45, 2.75) is 64.8 Å². The van der Waals surface area contributed by atoms with Gasteiger partial charge in [-0.05, 0) is 60.8 Å². The van der Waals surface area contributed by atoms with Crippen molar-refractivity contribution >= 4 is 11.9 Å². The van der Waals surface area contributed by atoms with E-state index in [-0.39, 0.29) is 12.0 Å². The summed E-state index contributed by atoms with van der Waals surface area (Å²) in [6.07, 6.45) is -3.83. The summed E-state index contributed by atoms with van der Waals surface area (Å²) in [4.78, 5) is 17.6. The lowest BCUT2D eigenvalue weighted by Crippen LogP contribution is -2.37. The molecule has 10 heteroatoms. The molecule has 1 heterocycles. The van der Waals surface area contributed by atoms with Crippen LogP contribution in [0.25, 0.3) is 0 Å². The Bertz CT molecular complexity index is 1160. The summed E-state index contributed by atoms with van der Waals surface area (Å²) in [5.74, 6) is 0.168. The van der Waals surface area contributed by atoms with Gasteiger partial charge in [-0.15, -0.1) is 0 Å². The number of carbonyl (C=O) groups is 1. The molecule has 3 aromatic rings. The number of anilines is 1. The van der Waals surface area contributed by atoms with E-state index < -0.39 is 23.3 Å². The van der Waals surface area contributed by atoms with Crippen LogP contribution in [0.4, 0.5) is 19.1 Å². The number of carboxylic acids is 1. The Hall–Kier alpha value is -3.56. The zero-order valence-electron chi connectivity index (χ0n) is 20.9. The van der Waals surface area contributed by atoms with Crippen LogP contribution in [0.15, 0.2) is 53.1 Å². The number of nitrogens with zero attached hydrogens (tertiary/aromatic N) is 3. The van der Waals surface area contributed by atoms with Gasteiger partial charge in [0.25, 0.3) is 5.95 Å². The first kappa shape index (κ1) is 27.0. The molecule has 1 aromatic heterocycles. The Morgan fingerprint density at radius 3 is 2.06 bits per heavy atom. The molecule has 0 spiro atoms. The molecule has 3 rings (SSSR count). The molecule has 0 bridgehead atoms. The van der Waals surface area contributed by atoms with Crippen molar-refractivity contribution in [2.24, 2.45) is 0 Å². The fourth-order valence-electron chi connectivity index (χ4n) is 3.24. The minimum atomic E-state index is -4.40. The average Bonchev–Trinajstić information content (AvgIpc) is 3.28. The molecule has 0 radical (unpaired) electrons. The molecule has 7 nitrogen and oxygen atoms in total. The Morgan fingerprint density at radius 1 is 0.972 bits per heavy atom. The molecule has 0 amide bonds. The van der Waals surface area contributed by atoms with Crippen LogP contribution < -0.4 is 9.64 Å². The van der Waals surface area contributed by atoms with Gasteiger partial charge >= 0.3 is 12.1 Å². The van der Waals surface area contributed by atoms with Gasteiger partial charge in [-0.2, -0.15) is 18.2 Å². The maximum absolute atomic E-state index is 12.9. The second-order valence-electron chi connectivity index (χ2n) is 10.1. The van der Waals surface area contributed by atoms with Crippen LogP contribution in [-0.2, 0) is 29.4 Å². The number of hydrogen-bond acceptors (Lipinski definition) is 6. The standard InChI is InChI=1S/C26H30F3N3O4/c1-24(2,3)21-30-23(31-36-21)32(16-18-6-10-19(11-7-18)26(27,28)29)15-14-17-8-12-20(13-9-17)35-25(4,5)22(33)34/h6-13H,14-16H2,1-5H3,(H,33,34). The van der Waals surface area contributed by atoms with Crippen molar-refractivity contribution in [3.8, 4) is 5.75 Å². The lowest BCUT2D eigenvalue weighted by molar-refractivity contribution is -0.152. The second kappa shape index (κ2) is 10.2. The summed E-state index contributed by atoms with van der Waals surface area (Å²) >= 11 is 0. The smallest absolute Gasteiger partial charge is 0.416 e. The fourth-order valence-corrected chi connectivity index (χ4v) is 3.24. The van der Waals surface area contributed by atoms with E-state index in [2.05, 4.69) is 10.1 Å². The number of hydrogen-bond donors (Lipinski definition) is 1. The minimum Gasteiger partial charge on any atom is -0.478 e. The Labute approximate surface area is 207 Å².